The van der Waals surface area contributed by atoms with Crippen LogP contribution in [0, 0.1) is 11.8 Å². The topological polar surface area (TPSA) is 64.3 Å². The van der Waals surface area contributed by atoms with Gasteiger partial charge in [0.05, 0.1) is 7.11 Å². The molecule has 1 aromatic rings. The highest BCUT2D eigenvalue weighted by Gasteiger charge is 2.26. The van der Waals surface area contributed by atoms with E-state index in [9.17, 15) is 0 Å². The normalized spacial score (nSPS) is 24.8. The van der Waals surface area contributed by atoms with E-state index in [2.05, 4.69) is 21.8 Å². The van der Waals surface area contributed by atoms with E-state index in [0.29, 0.717) is 17.7 Å². The number of nitrogens with zero attached hydrogens (tertiary/aromatic N) is 3. The molecule has 0 aliphatic carbocycles. The van der Waals surface area contributed by atoms with Gasteiger partial charge in [0.25, 0.3) is 0 Å². The summed E-state index contributed by atoms with van der Waals surface area (Å²) in [5.41, 5.74) is 5.80. The predicted octanol–water partition coefficient (Wildman–Crippen LogP) is 0.906. The molecular weight excluding hydrogens is 216 g/mol. The van der Waals surface area contributed by atoms with Crippen molar-refractivity contribution in [3.8, 4) is 5.88 Å². The second-order valence-electron chi connectivity index (χ2n) is 4.61. The Morgan fingerprint density at radius 2 is 2.41 bits per heavy atom. The van der Waals surface area contributed by atoms with Gasteiger partial charge in [-0.3, -0.25) is 0 Å². The van der Waals surface area contributed by atoms with Gasteiger partial charge < -0.3 is 15.4 Å². The lowest BCUT2D eigenvalue weighted by Crippen LogP contribution is -2.43. The lowest BCUT2D eigenvalue weighted by molar-refractivity contribution is 0.305. The first kappa shape index (κ1) is 12.1. The van der Waals surface area contributed by atoms with Crippen LogP contribution in [-0.4, -0.2) is 36.7 Å². The summed E-state index contributed by atoms with van der Waals surface area (Å²) in [6, 6.07) is 1.76. The molecule has 5 heteroatoms. The third-order valence-corrected chi connectivity index (χ3v) is 3.53. The van der Waals surface area contributed by atoms with Gasteiger partial charge in [0, 0.05) is 25.4 Å². The van der Waals surface area contributed by atoms with Crippen LogP contribution in [0.1, 0.15) is 13.3 Å². The van der Waals surface area contributed by atoms with Crippen molar-refractivity contribution < 1.29 is 4.74 Å². The number of anilines is 1. The first-order valence-electron chi connectivity index (χ1n) is 6.06. The van der Waals surface area contributed by atoms with E-state index in [4.69, 9.17) is 10.5 Å². The largest absolute Gasteiger partial charge is 0.481 e. The summed E-state index contributed by atoms with van der Waals surface area (Å²) in [7, 11) is 1.62. The fourth-order valence-electron chi connectivity index (χ4n) is 2.24. The Hall–Kier alpha value is -1.36. The van der Waals surface area contributed by atoms with Crippen LogP contribution in [0.2, 0.25) is 0 Å². The van der Waals surface area contributed by atoms with Gasteiger partial charge >= 0.3 is 0 Å². The number of piperidine rings is 1. The second-order valence-corrected chi connectivity index (χ2v) is 4.61. The summed E-state index contributed by atoms with van der Waals surface area (Å²) in [4.78, 5) is 10.9. The summed E-state index contributed by atoms with van der Waals surface area (Å²) >= 11 is 0. The molecule has 0 bridgehead atoms. The van der Waals surface area contributed by atoms with Gasteiger partial charge in [-0.25, -0.2) is 4.98 Å². The molecule has 1 fully saturated rings. The van der Waals surface area contributed by atoms with Crippen LogP contribution < -0.4 is 15.4 Å². The minimum Gasteiger partial charge on any atom is -0.481 e. The average Bonchev–Trinajstić information content (AvgIpc) is 2.39. The molecule has 2 atom stereocenters. The van der Waals surface area contributed by atoms with E-state index >= 15 is 0 Å². The van der Waals surface area contributed by atoms with Crippen molar-refractivity contribution in [1.29, 1.82) is 0 Å². The number of aromatic nitrogens is 2. The summed E-state index contributed by atoms with van der Waals surface area (Å²) in [5.74, 6) is 2.56. The summed E-state index contributed by atoms with van der Waals surface area (Å²) in [6.45, 7) is 4.92. The maximum absolute atomic E-state index is 5.80. The van der Waals surface area contributed by atoms with Crippen LogP contribution in [0.15, 0.2) is 12.3 Å². The number of rotatable bonds is 3. The molecular formula is C12H20N4O. The van der Waals surface area contributed by atoms with E-state index in [-0.39, 0.29) is 0 Å². The molecule has 2 N–H and O–H groups in total. The minimum absolute atomic E-state index is 0.526. The number of nitrogens with two attached hydrogens (primary N) is 1. The molecule has 0 radical (unpaired) electrons. The van der Waals surface area contributed by atoms with Gasteiger partial charge in [-0.1, -0.05) is 6.92 Å². The fraction of sp³-hybridized carbons (Fsp3) is 0.667. The molecule has 0 aromatic carbocycles. The Labute approximate surface area is 102 Å². The molecule has 2 rings (SSSR count). The Morgan fingerprint density at radius 1 is 1.59 bits per heavy atom. The molecule has 0 saturated carbocycles. The van der Waals surface area contributed by atoms with Crippen molar-refractivity contribution in [2.24, 2.45) is 17.6 Å². The monoisotopic (exact) mass is 236 g/mol. The standard InChI is InChI=1S/C12H20N4O/c1-9-4-6-16(8-10(9)7-13)12-14-5-3-11(15-12)17-2/h3,5,9-10H,4,6-8,13H2,1-2H3. The van der Waals surface area contributed by atoms with Gasteiger partial charge in [0.2, 0.25) is 11.8 Å². The van der Waals surface area contributed by atoms with Crippen molar-refractivity contribution in [3.63, 3.8) is 0 Å². The van der Waals surface area contributed by atoms with Gasteiger partial charge in [-0.05, 0) is 24.8 Å². The van der Waals surface area contributed by atoms with E-state index in [1.807, 2.05) is 0 Å². The third-order valence-electron chi connectivity index (χ3n) is 3.53. The maximum atomic E-state index is 5.80. The first-order valence-corrected chi connectivity index (χ1v) is 6.06. The molecule has 1 saturated heterocycles. The number of ether oxygens (including phenoxy) is 1. The zero-order chi connectivity index (χ0) is 12.3. The van der Waals surface area contributed by atoms with Crippen molar-refractivity contribution in [3.05, 3.63) is 12.3 Å². The number of methoxy groups -OCH3 is 1. The zero-order valence-electron chi connectivity index (χ0n) is 10.5. The number of hydrogen-bond donors (Lipinski definition) is 1. The summed E-state index contributed by atoms with van der Waals surface area (Å²) in [5, 5.41) is 0. The summed E-state index contributed by atoms with van der Waals surface area (Å²) in [6.07, 6.45) is 2.87. The molecule has 94 valence electrons. The van der Waals surface area contributed by atoms with E-state index in [1.165, 1.54) is 0 Å². The molecule has 0 amide bonds. The van der Waals surface area contributed by atoms with Crippen LogP contribution in [0.3, 0.4) is 0 Å². The van der Waals surface area contributed by atoms with Crippen LogP contribution in [0.5, 0.6) is 5.88 Å². The van der Waals surface area contributed by atoms with Gasteiger partial charge in [-0.2, -0.15) is 4.98 Å². The lowest BCUT2D eigenvalue weighted by Gasteiger charge is -2.36. The minimum atomic E-state index is 0.526. The maximum Gasteiger partial charge on any atom is 0.228 e. The molecule has 2 heterocycles. The highest BCUT2D eigenvalue weighted by atomic mass is 16.5. The Bertz CT molecular complexity index is 371. The zero-order valence-corrected chi connectivity index (χ0v) is 10.5. The second kappa shape index (κ2) is 5.31. The van der Waals surface area contributed by atoms with Gasteiger partial charge in [-0.15, -0.1) is 0 Å². The van der Waals surface area contributed by atoms with Crippen molar-refractivity contribution in [1.82, 2.24) is 9.97 Å². The number of hydrogen-bond acceptors (Lipinski definition) is 5. The van der Waals surface area contributed by atoms with Crippen molar-refractivity contribution in [2.45, 2.75) is 13.3 Å². The van der Waals surface area contributed by atoms with Crippen LogP contribution in [0.4, 0.5) is 5.95 Å². The smallest absolute Gasteiger partial charge is 0.228 e. The molecule has 1 aliphatic heterocycles. The van der Waals surface area contributed by atoms with Crippen LogP contribution in [0.25, 0.3) is 0 Å². The van der Waals surface area contributed by atoms with Crippen molar-refractivity contribution in [2.75, 3.05) is 31.6 Å². The van der Waals surface area contributed by atoms with Crippen LogP contribution in [-0.2, 0) is 0 Å². The highest BCUT2D eigenvalue weighted by molar-refractivity contribution is 5.32. The van der Waals surface area contributed by atoms with E-state index in [1.54, 1.807) is 19.4 Å². The van der Waals surface area contributed by atoms with Crippen LogP contribution >= 0.6 is 0 Å². The first-order chi connectivity index (χ1) is 8.24. The Kier molecular flexibility index (Phi) is 3.78. The molecule has 5 nitrogen and oxygen atoms in total. The van der Waals surface area contributed by atoms with E-state index < -0.39 is 0 Å². The predicted molar refractivity (Wildman–Crippen MR) is 67.1 cm³/mol. The summed E-state index contributed by atoms with van der Waals surface area (Å²) < 4.78 is 5.12. The Morgan fingerprint density at radius 3 is 3.12 bits per heavy atom. The third kappa shape index (κ3) is 2.66. The van der Waals surface area contributed by atoms with Gasteiger partial charge in [0.1, 0.15) is 0 Å². The molecule has 1 aromatic heterocycles. The lowest BCUT2D eigenvalue weighted by atomic mass is 9.87. The highest BCUT2D eigenvalue weighted by Crippen LogP contribution is 2.25. The SMILES string of the molecule is COc1ccnc(N2CCC(C)C(CN)C2)n1. The molecule has 2 unspecified atom stereocenters. The fourth-order valence-corrected chi connectivity index (χ4v) is 2.24. The molecule has 0 spiro atoms. The molecule has 1 aliphatic rings. The quantitative estimate of drug-likeness (QED) is 0.845. The van der Waals surface area contributed by atoms with E-state index in [0.717, 1.165) is 32.0 Å². The average molecular weight is 236 g/mol. The Balaban J connectivity index is 2.11. The van der Waals surface area contributed by atoms with Crippen molar-refractivity contribution >= 4 is 5.95 Å². The van der Waals surface area contributed by atoms with Gasteiger partial charge in [0.15, 0.2) is 0 Å². The molecule has 17 heavy (non-hydrogen) atoms.